The molecule has 3 aromatic rings. The maximum Gasteiger partial charge on any atom is 0.267 e. The predicted molar refractivity (Wildman–Crippen MR) is 134 cm³/mol. The largest absolute Gasteiger partial charge is 0.417 e. The Morgan fingerprint density at radius 3 is 2.52 bits per heavy atom. The second-order valence-electron chi connectivity index (χ2n) is 7.54. The van der Waals surface area contributed by atoms with Gasteiger partial charge in [0.15, 0.2) is 0 Å². The Morgan fingerprint density at radius 2 is 1.88 bits per heavy atom. The van der Waals surface area contributed by atoms with Gasteiger partial charge >= 0.3 is 0 Å². The minimum Gasteiger partial charge on any atom is -0.417 e. The van der Waals surface area contributed by atoms with Crippen molar-refractivity contribution in [2.45, 2.75) is 24.5 Å². The molecule has 0 spiro atoms. The maximum absolute atomic E-state index is 13.1. The molecular formula is C22H21N5O3S3. The number of nitrogens with zero attached hydrogens (tertiary/aromatic N) is 5. The van der Waals surface area contributed by atoms with Crippen LogP contribution in [0.2, 0.25) is 0 Å². The molecule has 0 bridgehead atoms. The fraction of sp³-hybridized carbons (Fsp3) is 0.318. The molecule has 2 saturated heterocycles. The Hall–Kier alpha value is -2.63. The van der Waals surface area contributed by atoms with E-state index in [0.29, 0.717) is 39.6 Å². The molecule has 2 amide bonds. The zero-order valence-corrected chi connectivity index (χ0v) is 20.7. The predicted octanol–water partition coefficient (Wildman–Crippen LogP) is 3.74. The summed E-state index contributed by atoms with van der Waals surface area (Å²) in [5, 5.41) is -0.746. The van der Waals surface area contributed by atoms with Crippen LogP contribution in [-0.2, 0) is 16.6 Å². The van der Waals surface area contributed by atoms with Crippen molar-refractivity contribution < 1.29 is 14.0 Å². The van der Waals surface area contributed by atoms with Crippen LogP contribution in [0.5, 0.6) is 0 Å². The Bertz CT molecular complexity index is 1300. The molecule has 11 heteroatoms. The first-order valence-electron chi connectivity index (χ1n) is 10.5. The first-order chi connectivity index (χ1) is 15.9. The molecule has 0 saturated carbocycles. The van der Waals surface area contributed by atoms with Crippen LogP contribution in [0.15, 0.2) is 39.7 Å². The SMILES string of the molecule is CCN1C(=O)C(C2S/C(=C/c3nc4c(nc(-c5ccccc5)n4C)o3)C(=O)N2CC)SC1=S. The lowest BCUT2D eigenvalue weighted by Gasteiger charge is -2.24. The highest BCUT2D eigenvalue weighted by Gasteiger charge is 2.48. The normalized spacial score (nSPS) is 22.5. The summed E-state index contributed by atoms with van der Waals surface area (Å²) in [7, 11) is 1.88. The third-order valence-electron chi connectivity index (χ3n) is 5.64. The zero-order valence-electron chi connectivity index (χ0n) is 18.2. The van der Waals surface area contributed by atoms with E-state index < -0.39 is 5.25 Å². The number of likely N-dealkylation sites (N-methyl/N-ethyl adjacent to an activating group) is 1. The number of benzene rings is 1. The lowest BCUT2D eigenvalue weighted by Crippen LogP contribution is -2.43. The summed E-state index contributed by atoms with van der Waals surface area (Å²) in [6, 6.07) is 9.81. The number of thiocarbonyl (C=S) groups is 1. The van der Waals surface area contributed by atoms with Crippen molar-refractivity contribution in [1.82, 2.24) is 24.3 Å². The number of fused-ring (bicyclic) bond motifs is 1. The van der Waals surface area contributed by atoms with E-state index in [9.17, 15) is 9.59 Å². The lowest BCUT2D eigenvalue weighted by atomic mass is 10.2. The molecule has 4 heterocycles. The number of carbonyl (C=O) groups is 2. The number of hydrogen-bond donors (Lipinski definition) is 0. The molecule has 2 unspecified atom stereocenters. The van der Waals surface area contributed by atoms with Gasteiger partial charge in [-0.1, -0.05) is 66.1 Å². The second kappa shape index (κ2) is 8.62. The number of carbonyl (C=O) groups excluding carboxylic acids is 2. The molecule has 0 aliphatic carbocycles. The first-order valence-corrected chi connectivity index (χ1v) is 12.7. The van der Waals surface area contributed by atoms with Gasteiger partial charge in [0.25, 0.3) is 11.6 Å². The molecule has 1 aromatic carbocycles. The summed E-state index contributed by atoms with van der Waals surface area (Å²) in [5.41, 5.74) is 1.98. The lowest BCUT2D eigenvalue weighted by molar-refractivity contribution is -0.128. The summed E-state index contributed by atoms with van der Waals surface area (Å²) in [5.74, 6) is 0.887. The molecule has 33 heavy (non-hydrogen) atoms. The van der Waals surface area contributed by atoms with Crippen LogP contribution in [0, 0.1) is 0 Å². The van der Waals surface area contributed by atoms with Gasteiger partial charge in [0.1, 0.15) is 20.8 Å². The molecule has 170 valence electrons. The van der Waals surface area contributed by atoms with E-state index in [4.69, 9.17) is 16.6 Å². The quantitative estimate of drug-likeness (QED) is 0.388. The van der Waals surface area contributed by atoms with Crippen molar-refractivity contribution >= 4 is 69.3 Å². The Balaban J connectivity index is 1.44. The number of rotatable bonds is 5. The van der Waals surface area contributed by atoms with E-state index in [0.717, 1.165) is 11.4 Å². The average Bonchev–Trinajstić information content (AvgIpc) is 3.52. The van der Waals surface area contributed by atoms with Gasteiger partial charge in [0, 0.05) is 31.8 Å². The highest BCUT2D eigenvalue weighted by molar-refractivity contribution is 8.25. The van der Waals surface area contributed by atoms with Gasteiger partial charge in [-0.3, -0.25) is 14.5 Å². The molecule has 2 aliphatic heterocycles. The molecule has 2 aliphatic rings. The van der Waals surface area contributed by atoms with E-state index >= 15 is 0 Å². The number of aryl methyl sites for hydroxylation is 1. The topological polar surface area (TPSA) is 84.5 Å². The Labute approximate surface area is 204 Å². The molecule has 8 nitrogen and oxygen atoms in total. The van der Waals surface area contributed by atoms with Crippen LogP contribution < -0.4 is 0 Å². The van der Waals surface area contributed by atoms with Gasteiger partial charge < -0.3 is 13.9 Å². The first kappa shape index (κ1) is 22.2. The highest BCUT2D eigenvalue weighted by atomic mass is 32.2. The zero-order chi connectivity index (χ0) is 23.3. The van der Waals surface area contributed by atoms with Crippen molar-refractivity contribution in [2.24, 2.45) is 7.05 Å². The van der Waals surface area contributed by atoms with E-state index in [1.807, 2.05) is 55.8 Å². The maximum atomic E-state index is 13.1. The van der Waals surface area contributed by atoms with Gasteiger partial charge in [-0.25, -0.2) is 0 Å². The van der Waals surface area contributed by atoms with E-state index in [1.165, 1.54) is 23.5 Å². The molecular weight excluding hydrogens is 478 g/mol. The van der Waals surface area contributed by atoms with Crippen LogP contribution in [0.4, 0.5) is 0 Å². The standard InChI is InChI=1S/C22H21N5O3S3/c1-4-26-19(28)13(32-21(26)15-20(29)27(5-2)22(31)33-15)11-14-23-17-18(30-14)24-16(25(17)3)12-9-7-6-8-10-12/h6-11,15,21H,4-5H2,1-3H3/b13-11+. The molecule has 2 atom stereocenters. The smallest absolute Gasteiger partial charge is 0.267 e. The number of aromatic nitrogens is 3. The summed E-state index contributed by atoms with van der Waals surface area (Å²) >= 11 is 8.07. The molecule has 2 fully saturated rings. The summed E-state index contributed by atoms with van der Waals surface area (Å²) in [4.78, 5) is 38.9. The van der Waals surface area contributed by atoms with Crippen molar-refractivity contribution in [3.8, 4) is 11.4 Å². The molecule has 0 radical (unpaired) electrons. The Morgan fingerprint density at radius 1 is 1.12 bits per heavy atom. The van der Waals surface area contributed by atoms with Gasteiger partial charge in [-0.15, -0.1) is 0 Å². The number of hydrogen-bond acceptors (Lipinski definition) is 8. The van der Waals surface area contributed by atoms with Gasteiger partial charge in [-0.2, -0.15) is 9.97 Å². The van der Waals surface area contributed by atoms with Gasteiger partial charge in [0.2, 0.25) is 17.4 Å². The van der Waals surface area contributed by atoms with Crippen molar-refractivity contribution in [3.05, 3.63) is 41.1 Å². The molecule has 0 N–H and O–H groups in total. The molecule has 2 aromatic heterocycles. The van der Waals surface area contributed by atoms with Crippen molar-refractivity contribution in [2.75, 3.05) is 13.1 Å². The minimum atomic E-state index is -0.420. The summed E-state index contributed by atoms with van der Waals surface area (Å²) < 4.78 is 8.29. The van der Waals surface area contributed by atoms with Crippen LogP contribution >= 0.6 is 35.7 Å². The fourth-order valence-corrected chi connectivity index (χ4v) is 7.16. The van der Waals surface area contributed by atoms with Gasteiger partial charge in [-0.05, 0) is 13.8 Å². The van der Waals surface area contributed by atoms with Crippen LogP contribution in [0.3, 0.4) is 0 Å². The number of oxazole rings is 1. The van der Waals surface area contributed by atoms with E-state index in [2.05, 4.69) is 9.97 Å². The monoisotopic (exact) mass is 499 g/mol. The molecule has 5 rings (SSSR count). The fourth-order valence-electron chi connectivity index (χ4n) is 3.98. The third-order valence-corrected chi connectivity index (χ3v) is 8.77. The minimum absolute atomic E-state index is 0.0444. The summed E-state index contributed by atoms with van der Waals surface area (Å²) in [6.45, 7) is 4.82. The number of imidazole rings is 1. The van der Waals surface area contributed by atoms with E-state index in [-0.39, 0.29) is 17.2 Å². The third kappa shape index (κ3) is 3.68. The van der Waals surface area contributed by atoms with Crippen LogP contribution in [-0.4, -0.2) is 64.2 Å². The van der Waals surface area contributed by atoms with Crippen LogP contribution in [0.25, 0.3) is 28.8 Å². The second-order valence-corrected chi connectivity index (χ2v) is 10.5. The van der Waals surface area contributed by atoms with Crippen molar-refractivity contribution in [1.29, 1.82) is 0 Å². The Kier molecular flexibility index (Phi) is 5.79. The number of amides is 2. The van der Waals surface area contributed by atoms with Gasteiger partial charge in [0.05, 0.1) is 4.91 Å². The van der Waals surface area contributed by atoms with Crippen molar-refractivity contribution in [3.63, 3.8) is 0 Å². The van der Waals surface area contributed by atoms with Crippen LogP contribution in [0.1, 0.15) is 19.7 Å². The summed E-state index contributed by atoms with van der Waals surface area (Å²) in [6.07, 6.45) is 1.64. The average molecular weight is 500 g/mol. The highest BCUT2D eigenvalue weighted by Crippen LogP contribution is 2.44. The van der Waals surface area contributed by atoms with E-state index in [1.54, 1.807) is 15.9 Å². The number of thioether (sulfide) groups is 2.